The van der Waals surface area contributed by atoms with Crippen LogP contribution in [0.2, 0.25) is 0 Å². The minimum Gasteiger partial charge on any atom is -0.366 e. The van der Waals surface area contributed by atoms with E-state index in [4.69, 9.17) is 18.1 Å². The highest BCUT2D eigenvalue weighted by Gasteiger charge is 2.00. The van der Waals surface area contributed by atoms with Crippen molar-refractivity contribution in [1.82, 2.24) is 10.7 Å². The van der Waals surface area contributed by atoms with E-state index in [-0.39, 0.29) is 12.4 Å². The van der Waals surface area contributed by atoms with Crippen LogP contribution in [0.15, 0.2) is 34.5 Å². The monoisotopic (exact) mass is 300 g/mol. The van der Waals surface area contributed by atoms with E-state index in [2.05, 4.69) is 26.3 Å². The number of hydrogen-bond acceptors (Lipinski definition) is 4. The molecule has 19 heavy (non-hydrogen) atoms. The standard InChI is InChI=1S/C11H16N6S.ClH/c1-8(17-15-7-14-12)9-4-3-5-10(6-9)16-11(18)13-2;/h3-7H,12H2,1-2H3,(H,14,15)(H2,13,16,18);1H. The molecule has 1 aromatic carbocycles. The third kappa shape index (κ3) is 6.03. The summed E-state index contributed by atoms with van der Waals surface area (Å²) in [7, 11) is 1.77. The van der Waals surface area contributed by atoms with E-state index in [1.54, 1.807) is 7.05 Å². The number of nitrogens with one attached hydrogen (secondary N) is 3. The van der Waals surface area contributed by atoms with Gasteiger partial charge in [0.2, 0.25) is 0 Å². The molecule has 0 fully saturated rings. The number of anilines is 1. The van der Waals surface area contributed by atoms with E-state index in [0.29, 0.717) is 5.11 Å². The molecule has 5 N–H and O–H groups in total. The van der Waals surface area contributed by atoms with Crippen LogP contribution < -0.4 is 21.9 Å². The fourth-order valence-electron chi connectivity index (χ4n) is 1.24. The molecule has 1 aromatic rings. The zero-order chi connectivity index (χ0) is 13.4. The van der Waals surface area contributed by atoms with E-state index < -0.39 is 0 Å². The molecule has 6 nitrogen and oxygen atoms in total. The van der Waals surface area contributed by atoms with Gasteiger partial charge in [-0.2, -0.15) is 10.2 Å². The molecule has 0 aliphatic carbocycles. The van der Waals surface area contributed by atoms with Crippen molar-refractivity contribution < 1.29 is 0 Å². The second kappa shape index (κ2) is 9.12. The first kappa shape index (κ1) is 17.1. The Morgan fingerprint density at radius 3 is 2.79 bits per heavy atom. The topological polar surface area (TPSA) is 86.8 Å². The van der Waals surface area contributed by atoms with Crippen molar-refractivity contribution in [3.05, 3.63) is 29.8 Å². The predicted octanol–water partition coefficient (Wildman–Crippen LogP) is 1.24. The van der Waals surface area contributed by atoms with Gasteiger partial charge in [0, 0.05) is 12.7 Å². The van der Waals surface area contributed by atoms with Gasteiger partial charge in [-0.25, -0.2) is 0 Å². The van der Waals surface area contributed by atoms with Gasteiger partial charge in [-0.3, -0.25) is 5.43 Å². The highest BCUT2D eigenvalue weighted by molar-refractivity contribution is 7.80. The van der Waals surface area contributed by atoms with Crippen molar-refractivity contribution in [2.75, 3.05) is 12.4 Å². The lowest BCUT2D eigenvalue weighted by atomic mass is 10.1. The van der Waals surface area contributed by atoms with Gasteiger partial charge in [0.1, 0.15) is 6.34 Å². The van der Waals surface area contributed by atoms with Crippen LogP contribution in [0, 0.1) is 0 Å². The van der Waals surface area contributed by atoms with Crippen LogP contribution in [0.4, 0.5) is 5.69 Å². The smallest absolute Gasteiger partial charge is 0.170 e. The molecule has 0 spiro atoms. The number of benzene rings is 1. The maximum atomic E-state index is 5.04. The molecule has 0 aliphatic rings. The molecule has 0 amide bonds. The quantitative estimate of drug-likeness (QED) is 0.221. The van der Waals surface area contributed by atoms with Crippen molar-refractivity contribution in [3.8, 4) is 0 Å². The number of nitrogens with zero attached hydrogens (tertiary/aromatic N) is 2. The second-order valence-electron chi connectivity index (χ2n) is 3.39. The lowest BCUT2D eigenvalue weighted by molar-refractivity contribution is 1.03. The van der Waals surface area contributed by atoms with Crippen LogP contribution in [-0.4, -0.2) is 24.2 Å². The van der Waals surface area contributed by atoms with Gasteiger partial charge in [-0.1, -0.05) is 12.1 Å². The fourth-order valence-corrected chi connectivity index (χ4v) is 1.36. The summed E-state index contributed by atoms with van der Waals surface area (Å²) in [6, 6.07) is 7.75. The summed E-state index contributed by atoms with van der Waals surface area (Å²) in [6.07, 6.45) is 1.31. The highest BCUT2D eigenvalue weighted by Crippen LogP contribution is 2.11. The number of thiocarbonyl (C=S) groups is 1. The van der Waals surface area contributed by atoms with E-state index in [0.717, 1.165) is 17.0 Å². The van der Waals surface area contributed by atoms with E-state index in [1.165, 1.54) is 6.34 Å². The first-order valence-electron chi connectivity index (χ1n) is 5.28. The fraction of sp³-hybridized carbons (Fsp3) is 0.182. The molecule has 104 valence electrons. The Morgan fingerprint density at radius 2 is 2.16 bits per heavy atom. The molecule has 0 bridgehead atoms. The third-order valence-corrected chi connectivity index (χ3v) is 2.44. The number of nitrogens with two attached hydrogens (primary N) is 1. The lowest BCUT2D eigenvalue weighted by Crippen LogP contribution is -2.24. The summed E-state index contributed by atoms with van der Waals surface area (Å²) >= 11 is 5.04. The van der Waals surface area contributed by atoms with Gasteiger partial charge >= 0.3 is 0 Å². The number of halogens is 1. The number of hydrazone groups is 2. The van der Waals surface area contributed by atoms with Gasteiger partial charge in [0.05, 0.1) is 5.71 Å². The molecular formula is C11H17ClN6S. The summed E-state index contributed by atoms with van der Waals surface area (Å²) in [6.45, 7) is 1.88. The average molecular weight is 301 g/mol. The van der Waals surface area contributed by atoms with E-state index in [1.807, 2.05) is 31.2 Å². The molecule has 0 aliphatic heterocycles. The van der Waals surface area contributed by atoms with Crippen molar-refractivity contribution in [1.29, 1.82) is 0 Å². The van der Waals surface area contributed by atoms with E-state index in [9.17, 15) is 0 Å². The number of rotatable bonds is 4. The molecule has 0 saturated carbocycles. The summed E-state index contributed by atoms with van der Waals surface area (Å²) in [5, 5.41) is 13.8. The van der Waals surface area contributed by atoms with Gasteiger partial charge in [-0.15, -0.1) is 12.4 Å². The Morgan fingerprint density at radius 1 is 1.42 bits per heavy atom. The van der Waals surface area contributed by atoms with Crippen LogP contribution >= 0.6 is 24.6 Å². The van der Waals surface area contributed by atoms with Crippen LogP contribution in [0.3, 0.4) is 0 Å². The predicted molar refractivity (Wildman–Crippen MR) is 87.0 cm³/mol. The SMILES string of the molecule is CNC(=S)Nc1cccc(C(C)=NNC=NN)c1.Cl. The van der Waals surface area contributed by atoms with Crippen LogP contribution in [0.1, 0.15) is 12.5 Å². The maximum Gasteiger partial charge on any atom is 0.170 e. The number of hydrogen-bond donors (Lipinski definition) is 4. The molecule has 0 unspecified atom stereocenters. The van der Waals surface area contributed by atoms with Crippen molar-refractivity contribution in [2.45, 2.75) is 6.92 Å². The zero-order valence-corrected chi connectivity index (χ0v) is 12.3. The molecule has 1 rings (SSSR count). The Labute approximate surface area is 123 Å². The first-order valence-corrected chi connectivity index (χ1v) is 5.69. The molecule has 0 radical (unpaired) electrons. The average Bonchev–Trinajstić information content (AvgIpc) is 2.39. The van der Waals surface area contributed by atoms with Crippen LogP contribution in [-0.2, 0) is 0 Å². The van der Waals surface area contributed by atoms with Crippen LogP contribution in [0.5, 0.6) is 0 Å². The van der Waals surface area contributed by atoms with Crippen molar-refractivity contribution in [2.24, 2.45) is 16.0 Å². The van der Waals surface area contributed by atoms with Gasteiger partial charge in [0.15, 0.2) is 5.11 Å². The third-order valence-electron chi connectivity index (χ3n) is 2.13. The Bertz CT molecular complexity index is 474. The van der Waals surface area contributed by atoms with Crippen molar-refractivity contribution in [3.63, 3.8) is 0 Å². The molecule has 0 saturated heterocycles. The summed E-state index contributed by atoms with van der Waals surface area (Å²) in [4.78, 5) is 0. The highest BCUT2D eigenvalue weighted by atomic mass is 35.5. The second-order valence-corrected chi connectivity index (χ2v) is 3.80. The Balaban J connectivity index is 0.00000324. The van der Waals surface area contributed by atoms with Gasteiger partial charge in [0.25, 0.3) is 0 Å². The Hall–Kier alpha value is -1.86. The molecular weight excluding hydrogens is 284 g/mol. The summed E-state index contributed by atoms with van der Waals surface area (Å²) in [5.41, 5.74) is 5.30. The first-order chi connectivity index (χ1) is 8.67. The minimum atomic E-state index is 0. The molecule has 0 heterocycles. The molecule has 8 heteroatoms. The molecule has 0 atom stereocenters. The maximum absolute atomic E-state index is 5.04. The van der Waals surface area contributed by atoms with Crippen molar-refractivity contribution >= 4 is 47.5 Å². The summed E-state index contributed by atoms with van der Waals surface area (Å²) < 4.78 is 0. The Kier molecular flexibility index (Phi) is 8.23. The van der Waals surface area contributed by atoms with Gasteiger partial charge < -0.3 is 16.5 Å². The lowest BCUT2D eigenvalue weighted by Gasteiger charge is -2.08. The van der Waals surface area contributed by atoms with E-state index >= 15 is 0 Å². The minimum absolute atomic E-state index is 0. The van der Waals surface area contributed by atoms with Gasteiger partial charge in [-0.05, 0) is 36.8 Å². The zero-order valence-electron chi connectivity index (χ0n) is 10.7. The van der Waals surface area contributed by atoms with Crippen LogP contribution in [0.25, 0.3) is 0 Å². The normalized spacial score (nSPS) is 10.7. The summed E-state index contributed by atoms with van der Waals surface area (Å²) in [5.74, 6) is 4.95. The molecule has 0 aromatic heterocycles. The largest absolute Gasteiger partial charge is 0.366 e.